The van der Waals surface area contributed by atoms with Gasteiger partial charge in [0.05, 0.1) is 20.4 Å². The van der Waals surface area contributed by atoms with Gasteiger partial charge in [-0.15, -0.1) is 11.6 Å². The Bertz CT molecular complexity index is 1770. The van der Waals surface area contributed by atoms with Crippen LogP contribution < -0.4 is 61.6 Å². The Kier molecular flexibility index (Phi) is 11.0. The van der Waals surface area contributed by atoms with Gasteiger partial charge >= 0.3 is 51.4 Å². The normalized spacial score (nSPS) is 18.1. The van der Waals surface area contributed by atoms with Crippen molar-refractivity contribution in [2.75, 3.05) is 35.4 Å². The first kappa shape index (κ1) is 36.1. The molecule has 0 saturated heterocycles. The molecular formula is C29H33ClKN3O7S2. The predicted octanol–water partition coefficient (Wildman–Crippen LogP) is 0.951. The number of nitrogens with one attached hydrogen (secondary N) is 1. The Balaban J connectivity index is 0.00000506. The van der Waals surface area contributed by atoms with Gasteiger partial charge in [-0.25, -0.2) is 16.8 Å². The molecule has 4 rings (SSSR count). The molecule has 0 aliphatic carbocycles. The second kappa shape index (κ2) is 13.1. The molecule has 1 N–H and O–H groups in total. The molecule has 0 fully saturated rings. The quantitative estimate of drug-likeness (QED) is 0.179. The van der Waals surface area contributed by atoms with E-state index in [1.54, 1.807) is 0 Å². The first-order chi connectivity index (χ1) is 19.4. The Hall–Kier alpha value is -1.39. The standard InChI is InChI=1S/C29H34ClN3O7S2.K/c1-28(2)21-16-19(31-27(34)18-30)10-12-23(21)32(5)25(28)8-6-9-26-29(3,4)22-17-20(42(38,39)40)11-13-24(22)33(26)14-7-15-41(35,36)37;/h6,8-13,16-17H,7,14-15,18H2,1-5H3,(H2-,31,34,35,36,37,38,39,40);/q;+1/p-1. The maximum Gasteiger partial charge on any atom is 1.00 e. The Labute approximate surface area is 300 Å². The van der Waals surface area contributed by atoms with Crippen molar-refractivity contribution in [2.45, 2.75) is 49.8 Å². The number of hydrogen-bond donors (Lipinski definition) is 1. The van der Waals surface area contributed by atoms with E-state index in [0.29, 0.717) is 16.9 Å². The van der Waals surface area contributed by atoms with Crippen LogP contribution in [0.25, 0.3) is 0 Å². The van der Waals surface area contributed by atoms with Crippen LogP contribution >= 0.6 is 11.6 Å². The van der Waals surface area contributed by atoms with Crippen LogP contribution in [-0.2, 0) is 35.9 Å². The number of alkyl halides is 1. The number of allylic oxidation sites excluding steroid dienone is 4. The van der Waals surface area contributed by atoms with Gasteiger partial charge in [0.2, 0.25) is 11.6 Å². The molecule has 0 aromatic heterocycles. The summed E-state index contributed by atoms with van der Waals surface area (Å²) in [6.45, 7) is 8.13. The molecule has 0 radical (unpaired) electrons. The zero-order valence-electron chi connectivity index (χ0n) is 25.0. The van der Waals surface area contributed by atoms with Gasteiger partial charge in [-0.1, -0.05) is 19.9 Å². The first-order valence-corrected chi connectivity index (χ1v) is 16.7. The van der Waals surface area contributed by atoms with Crippen molar-refractivity contribution in [3.8, 4) is 0 Å². The van der Waals surface area contributed by atoms with E-state index in [9.17, 15) is 30.7 Å². The van der Waals surface area contributed by atoms with Crippen molar-refractivity contribution in [2.24, 2.45) is 0 Å². The number of amides is 1. The van der Waals surface area contributed by atoms with Crippen LogP contribution in [0.15, 0.2) is 65.2 Å². The fourth-order valence-corrected chi connectivity index (χ4v) is 6.84. The minimum atomic E-state index is -4.69. The van der Waals surface area contributed by atoms with Crippen molar-refractivity contribution in [1.29, 1.82) is 0 Å². The molecule has 1 amide bonds. The molecule has 14 heteroatoms. The van der Waals surface area contributed by atoms with Gasteiger partial charge in [0.15, 0.2) is 5.71 Å². The van der Waals surface area contributed by atoms with Crippen LogP contribution in [0, 0.1) is 0 Å². The molecular weight excluding hydrogens is 641 g/mol. The molecule has 0 atom stereocenters. The second-order valence-electron chi connectivity index (χ2n) is 11.4. The summed E-state index contributed by atoms with van der Waals surface area (Å²) < 4.78 is 71.1. The Morgan fingerprint density at radius 1 is 1.02 bits per heavy atom. The summed E-state index contributed by atoms with van der Waals surface area (Å²) in [6.07, 6.45) is 5.79. The maximum absolute atomic E-state index is 11.8. The predicted molar refractivity (Wildman–Crippen MR) is 161 cm³/mol. The van der Waals surface area contributed by atoms with Crippen LogP contribution in [0.5, 0.6) is 0 Å². The number of benzene rings is 2. The molecule has 2 aromatic rings. The van der Waals surface area contributed by atoms with Gasteiger partial charge < -0.3 is 19.3 Å². The molecule has 0 saturated carbocycles. The molecule has 2 aliphatic heterocycles. The molecule has 0 spiro atoms. The monoisotopic (exact) mass is 673 g/mol. The average Bonchev–Trinajstić information content (AvgIpc) is 3.21. The zero-order valence-corrected chi connectivity index (χ0v) is 30.5. The van der Waals surface area contributed by atoms with E-state index in [-0.39, 0.29) is 81.0 Å². The zero-order chi connectivity index (χ0) is 31.3. The molecule has 10 nitrogen and oxygen atoms in total. The Morgan fingerprint density at radius 3 is 2.30 bits per heavy atom. The van der Waals surface area contributed by atoms with Crippen LogP contribution in [0.2, 0.25) is 0 Å². The molecule has 0 bridgehead atoms. The summed E-state index contributed by atoms with van der Waals surface area (Å²) in [5.41, 5.74) is 4.46. The fourth-order valence-electron chi connectivity index (χ4n) is 5.79. The number of fused-ring (bicyclic) bond motifs is 2. The van der Waals surface area contributed by atoms with E-state index in [1.165, 1.54) is 18.2 Å². The topological polar surface area (TPSA) is 150 Å². The number of carbonyl (C=O) groups is 1. The van der Waals surface area contributed by atoms with E-state index in [0.717, 1.165) is 22.7 Å². The van der Waals surface area contributed by atoms with Gasteiger partial charge in [-0.3, -0.25) is 4.79 Å². The molecule has 43 heavy (non-hydrogen) atoms. The van der Waals surface area contributed by atoms with Crippen molar-refractivity contribution in [3.63, 3.8) is 0 Å². The number of hydrogen-bond acceptors (Lipinski definition) is 8. The third kappa shape index (κ3) is 7.54. The van der Waals surface area contributed by atoms with Gasteiger partial charge in [0.25, 0.3) is 0 Å². The van der Waals surface area contributed by atoms with Crippen LogP contribution in [-0.4, -0.2) is 67.4 Å². The minimum Gasteiger partial charge on any atom is -0.748 e. The SMILES string of the molecule is C[N+]1=C(C=CC=C2N(CCCS(=O)(=O)[O-])c3ccc(S(=O)(=O)[O-])cc3C2(C)C)C(C)(C)c2cc(NC(=O)CCl)ccc21.[K+]. The van der Waals surface area contributed by atoms with Gasteiger partial charge in [0, 0.05) is 52.5 Å². The fraction of sp³-hybridized carbons (Fsp3) is 0.379. The van der Waals surface area contributed by atoms with Crippen molar-refractivity contribution >= 4 is 60.5 Å². The van der Waals surface area contributed by atoms with E-state index in [4.69, 9.17) is 11.6 Å². The second-order valence-corrected chi connectivity index (χ2v) is 14.6. The average molecular weight is 674 g/mol. The summed E-state index contributed by atoms with van der Waals surface area (Å²) in [4.78, 5) is 13.3. The number of nitrogens with zero attached hydrogens (tertiary/aromatic N) is 2. The third-order valence-electron chi connectivity index (χ3n) is 7.87. The van der Waals surface area contributed by atoms with Crippen LogP contribution in [0.4, 0.5) is 17.1 Å². The third-order valence-corrected chi connectivity index (χ3v) is 9.74. The minimum absolute atomic E-state index is 0. The molecule has 2 aromatic carbocycles. The molecule has 226 valence electrons. The Morgan fingerprint density at radius 2 is 1.70 bits per heavy atom. The molecule has 2 heterocycles. The van der Waals surface area contributed by atoms with Gasteiger partial charge in [0.1, 0.15) is 23.0 Å². The summed E-state index contributed by atoms with van der Waals surface area (Å²) in [7, 11) is -7.16. The van der Waals surface area contributed by atoms with E-state index in [1.807, 2.05) is 62.2 Å². The van der Waals surface area contributed by atoms with E-state index >= 15 is 0 Å². The van der Waals surface area contributed by atoms with Crippen molar-refractivity contribution in [1.82, 2.24) is 0 Å². The summed E-state index contributed by atoms with van der Waals surface area (Å²) in [5, 5.41) is 2.78. The molecule has 2 aliphatic rings. The van der Waals surface area contributed by atoms with E-state index < -0.39 is 36.8 Å². The van der Waals surface area contributed by atoms with Crippen molar-refractivity contribution < 1.29 is 86.7 Å². The van der Waals surface area contributed by atoms with Gasteiger partial charge in [-0.2, -0.15) is 4.58 Å². The van der Waals surface area contributed by atoms with Crippen molar-refractivity contribution in [3.05, 3.63) is 71.5 Å². The van der Waals surface area contributed by atoms with Crippen LogP contribution in [0.1, 0.15) is 45.2 Å². The van der Waals surface area contributed by atoms with Crippen LogP contribution in [0.3, 0.4) is 0 Å². The first-order valence-electron chi connectivity index (χ1n) is 13.2. The number of halogens is 1. The number of anilines is 2. The number of rotatable bonds is 9. The largest absolute Gasteiger partial charge is 1.00 e. The van der Waals surface area contributed by atoms with E-state index in [2.05, 4.69) is 23.7 Å². The smallest absolute Gasteiger partial charge is 0.748 e. The summed E-state index contributed by atoms with van der Waals surface area (Å²) in [6, 6.07) is 9.82. The molecule has 0 unspecified atom stereocenters. The maximum atomic E-state index is 11.8. The summed E-state index contributed by atoms with van der Waals surface area (Å²) in [5.74, 6) is -0.987. The van der Waals surface area contributed by atoms with Gasteiger partial charge in [-0.05, 0) is 62.2 Å². The summed E-state index contributed by atoms with van der Waals surface area (Å²) >= 11 is 5.64. The number of carbonyl (C=O) groups excluding carboxylic acids is 1.